The zero-order valence-corrected chi connectivity index (χ0v) is 7.15. The van der Waals surface area contributed by atoms with Crippen LogP contribution in [0.5, 0.6) is 0 Å². The molecule has 2 unspecified atom stereocenters. The fourth-order valence-electron chi connectivity index (χ4n) is 1.09. The molecule has 4 heteroatoms. The van der Waals surface area contributed by atoms with Gasteiger partial charge in [-0.3, -0.25) is 0 Å². The number of benzene rings is 1. The lowest BCUT2D eigenvalue weighted by Crippen LogP contribution is -2.37. The van der Waals surface area contributed by atoms with Gasteiger partial charge in [0.2, 0.25) is 0 Å². The first kappa shape index (κ1) is 10.1. The van der Waals surface area contributed by atoms with Crippen molar-refractivity contribution in [1.82, 2.24) is 0 Å². The van der Waals surface area contributed by atoms with Crippen molar-refractivity contribution in [1.29, 1.82) is 0 Å². The number of hydrogen-bond donors (Lipinski definition) is 3. The molecule has 13 heavy (non-hydrogen) atoms. The highest BCUT2D eigenvalue weighted by atomic mass is 19.1. The van der Waals surface area contributed by atoms with Gasteiger partial charge in [0.05, 0.1) is 12.6 Å². The van der Waals surface area contributed by atoms with Gasteiger partial charge in [-0.05, 0) is 6.07 Å². The monoisotopic (exact) mass is 184 g/mol. The molecule has 1 aromatic rings. The zero-order valence-electron chi connectivity index (χ0n) is 7.15. The Morgan fingerprint density at radius 3 is 2.46 bits per heavy atom. The molecule has 0 saturated carbocycles. The Labute approximate surface area is 76.2 Å². The highest BCUT2D eigenvalue weighted by molar-refractivity contribution is 5.22. The van der Waals surface area contributed by atoms with E-state index in [0.717, 1.165) is 0 Å². The normalized spacial score (nSPS) is 15.4. The Kier molecular flexibility index (Phi) is 3.36. The van der Waals surface area contributed by atoms with Crippen molar-refractivity contribution in [2.75, 3.05) is 6.61 Å². The Hall–Kier alpha value is -0.970. The van der Waals surface area contributed by atoms with Gasteiger partial charge in [0.1, 0.15) is 5.82 Å². The van der Waals surface area contributed by atoms with Gasteiger partial charge in [-0.25, -0.2) is 4.39 Å². The summed E-state index contributed by atoms with van der Waals surface area (Å²) < 4.78 is 13.1. The predicted octanol–water partition coefficient (Wildman–Crippen LogP) is 0.145. The summed E-state index contributed by atoms with van der Waals surface area (Å²) in [7, 11) is 0. The van der Waals surface area contributed by atoms with E-state index in [1.54, 1.807) is 18.2 Å². The number of aliphatic hydroxyl groups excluding tert-OH is 1. The lowest BCUT2D eigenvalue weighted by Gasteiger charge is -2.18. The largest absolute Gasteiger partial charge is 0.395 e. The van der Waals surface area contributed by atoms with Crippen LogP contribution in [-0.4, -0.2) is 17.8 Å². The van der Waals surface area contributed by atoms with Crippen LogP contribution in [0.4, 0.5) is 4.39 Å². The van der Waals surface area contributed by atoms with E-state index in [4.69, 9.17) is 16.6 Å². The zero-order chi connectivity index (χ0) is 9.84. The standard InChI is InChI=1S/C9H13FN2O/c10-7-4-2-1-3-6(7)9(12)8(11)5-13/h1-4,8-9,13H,5,11-12H2. The number of halogens is 1. The van der Waals surface area contributed by atoms with Gasteiger partial charge in [0.25, 0.3) is 0 Å². The molecule has 0 aliphatic rings. The minimum Gasteiger partial charge on any atom is -0.395 e. The molecule has 0 amide bonds. The quantitative estimate of drug-likeness (QED) is 0.626. The number of rotatable bonds is 3. The van der Waals surface area contributed by atoms with Crippen molar-refractivity contribution in [3.05, 3.63) is 35.6 Å². The Morgan fingerprint density at radius 1 is 1.31 bits per heavy atom. The summed E-state index contributed by atoms with van der Waals surface area (Å²) in [5, 5.41) is 8.73. The lowest BCUT2D eigenvalue weighted by atomic mass is 10.0. The maximum absolute atomic E-state index is 13.1. The van der Waals surface area contributed by atoms with Crippen LogP contribution in [-0.2, 0) is 0 Å². The Bertz CT molecular complexity index is 280. The molecule has 1 rings (SSSR count). The van der Waals surface area contributed by atoms with Crippen LogP contribution < -0.4 is 11.5 Å². The Balaban J connectivity index is 2.88. The summed E-state index contributed by atoms with van der Waals surface area (Å²) in [5.41, 5.74) is 11.4. The number of hydrogen-bond acceptors (Lipinski definition) is 3. The smallest absolute Gasteiger partial charge is 0.128 e. The summed E-state index contributed by atoms with van der Waals surface area (Å²) in [4.78, 5) is 0. The molecule has 0 heterocycles. The molecule has 72 valence electrons. The van der Waals surface area contributed by atoms with E-state index in [-0.39, 0.29) is 12.4 Å². The van der Waals surface area contributed by atoms with Gasteiger partial charge in [-0.1, -0.05) is 18.2 Å². The molecule has 0 spiro atoms. The van der Waals surface area contributed by atoms with E-state index < -0.39 is 12.1 Å². The molecule has 0 aliphatic carbocycles. The molecule has 2 atom stereocenters. The molecule has 0 aliphatic heterocycles. The van der Waals surface area contributed by atoms with E-state index in [2.05, 4.69) is 0 Å². The van der Waals surface area contributed by atoms with Crippen molar-refractivity contribution in [2.24, 2.45) is 11.5 Å². The van der Waals surface area contributed by atoms with Gasteiger partial charge in [-0.2, -0.15) is 0 Å². The van der Waals surface area contributed by atoms with E-state index in [0.29, 0.717) is 5.56 Å². The second kappa shape index (κ2) is 4.32. The third-order valence-electron chi connectivity index (χ3n) is 1.94. The van der Waals surface area contributed by atoms with Crippen LogP contribution in [0.3, 0.4) is 0 Å². The maximum Gasteiger partial charge on any atom is 0.128 e. The second-order valence-corrected chi connectivity index (χ2v) is 2.89. The summed E-state index contributed by atoms with van der Waals surface area (Å²) in [6, 6.07) is 4.86. The van der Waals surface area contributed by atoms with E-state index in [9.17, 15) is 4.39 Å². The molecule has 0 bridgehead atoms. The molecular formula is C9H13FN2O. The average Bonchev–Trinajstić information content (AvgIpc) is 2.16. The van der Waals surface area contributed by atoms with Gasteiger partial charge in [0.15, 0.2) is 0 Å². The molecule has 0 radical (unpaired) electrons. The first-order chi connectivity index (χ1) is 6.16. The van der Waals surface area contributed by atoms with Crippen LogP contribution in [0.25, 0.3) is 0 Å². The van der Waals surface area contributed by atoms with Crippen molar-refractivity contribution >= 4 is 0 Å². The number of aliphatic hydroxyl groups is 1. The molecule has 3 nitrogen and oxygen atoms in total. The molecule has 5 N–H and O–H groups in total. The third-order valence-corrected chi connectivity index (χ3v) is 1.94. The van der Waals surface area contributed by atoms with Crippen molar-refractivity contribution in [3.8, 4) is 0 Å². The van der Waals surface area contributed by atoms with Gasteiger partial charge in [-0.15, -0.1) is 0 Å². The molecule has 0 saturated heterocycles. The summed E-state index contributed by atoms with van der Waals surface area (Å²) >= 11 is 0. The second-order valence-electron chi connectivity index (χ2n) is 2.89. The molecule has 1 aromatic carbocycles. The minimum atomic E-state index is -0.661. The van der Waals surface area contributed by atoms with Gasteiger partial charge < -0.3 is 16.6 Å². The van der Waals surface area contributed by atoms with E-state index in [1.165, 1.54) is 6.07 Å². The van der Waals surface area contributed by atoms with Crippen LogP contribution in [0.1, 0.15) is 11.6 Å². The van der Waals surface area contributed by atoms with Crippen molar-refractivity contribution in [2.45, 2.75) is 12.1 Å². The predicted molar refractivity (Wildman–Crippen MR) is 48.4 cm³/mol. The van der Waals surface area contributed by atoms with E-state index in [1.807, 2.05) is 0 Å². The summed E-state index contributed by atoms with van der Waals surface area (Å²) in [6.45, 7) is -0.254. The minimum absolute atomic E-state index is 0.254. The fourth-order valence-corrected chi connectivity index (χ4v) is 1.09. The molecular weight excluding hydrogens is 171 g/mol. The highest BCUT2D eigenvalue weighted by Gasteiger charge is 2.17. The third kappa shape index (κ3) is 2.24. The first-order valence-corrected chi connectivity index (χ1v) is 4.03. The van der Waals surface area contributed by atoms with Crippen LogP contribution in [0.15, 0.2) is 24.3 Å². The van der Waals surface area contributed by atoms with Gasteiger partial charge >= 0.3 is 0 Å². The van der Waals surface area contributed by atoms with E-state index >= 15 is 0 Å². The van der Waals surface area contributed by atoms with Crippen LogP contribution in [0, 0.1) is 5.82 Å². The van der Waals surface area contributed by atoms with Crippen molar-refractivity contribution in [3.63, 3.8) is 0 Å². The highest BCUT2D eigenvalue weighted by Crippen LogP contribution is 2.16. The summed E-state index contributed by atoms with van der Waals surface area (Å²) in [6.07, 6.45) is 0. The Morgan fingerprint density at radius 2 is 1.92 bits per heavy atom. The number of nitrogens with two attached hydrogens (primary N) is 2. The topological polar surface area (TPSA) is 72.3 Å². The summed E-state index contributed by atoms with van der Waals surface area (Å²) in [5.74, 6) is -0.390. The average molecular weight is 184 g/mol. The lowest BCUT2D eigenvalue weighted by molar-refractivity contribution is 0.248. The van der Waals surface area contributed by atoms with Gasteiger partial charge in [0, 0.05) is 11.6 Å². The van der Waals surface area contributed by atoms with Crippen LogP contribution >= 0.6 is 0 Å². The fraction of sp³-hybridized carbons (Fsp3) is 0.333. The molecule has 0 aromatic heterocycles. The van der Waals surface area contributed by atoms with Crippen LogP contribution in [0.2, 0.25) is 0 Å². The first-order valence-electron chi connectivity index (χ1n) is 4.03. The maximum atomic E-state index is 13.1. The van der Waals surface area contributed by atoms with Crippen molar-refractivity contribution < 1.29 is 9.50 Å². The molecule has 0 fully saturated rings. The SMILES string of the molecule is NC(CO)C(N)c1ccccc1F.